The molecule has 1 N–H and O–H groups in total. The molecule has 3 aromatic carbocycles. The predicted molar refractivity (Wildman–Crippen MR) is 107 cm³/mol. The number of rotatable bonds is 6. The highest BCUT2D eigenvalue weighted by Crippen LogP contribution is 2.38. The van der Waals surface area contributed by atoms with Gasteiger partial charge in [0.2, 0.25) is 0 Å². The Hall–Kier alpha value is -2.89. The Bertz CT molecular complexity index is 1050. The Labute approximate surface area is 161 Å². The van der Waals surface area contributed by atoms with E-state index in [1.807, 2.05) is 35.7 Å². The van der Waals surface area contributed by atoms with Gasteiger partial charge in [-0.3, -0.25) is 0 Å². The van der Waals surface area contributed by atoms with E-state index in [0.29, 0.717) is 28.7 Å². The van der Waals surface area contributed by atoms with Crippen molar-refractivity contribution in [3.63, 3.8) is 0 Å². The van der Waals surface area contributed by atoms with Crippen LogP contribution < -0.4 is 9.47 Å². The second-order valence-electron chi connectivity index (χ2n) is 6.12. The van der Waals surface area contributed by atoms with Crippen LogP contribution in [-0.2, 0) is 6.61 Å². The molecule has 0 amide bonds. The molecule has 0 aliphatic carbocycles. The summed E-state index contributed by atoms with van der Waals surface area (Å²) < 4.78 is 11.6. The molecule has 4 rings (SSSR count). The lowest BCUT2D eigenvalue weighted by molar-refractivity contribution is 0.210. The number of benzene rings is 3. The van der Waals surface area contributed by atoms with E-state index in [1.54, 1.807) is 13.3 Å². The molecule has 1 heterocycles. The van der Waals surface area contributed by atoms with Gasteiger partial charge in [-0.15, -0.1) is 11.3 Å². The van der Waals surface area contributed by atoms with Gasteiger partial charge in [-0.05, 0) is 28.5 Å². The predicted octanol–water partition coefficient (Wildman–Crippen LogP) is 4.97. The fourth-order valence-electron chi connectivity index (χ4n) is 3.07. The average molecular weight is 377 g/mol. The van der Waals surface area contributed by atoms with Gasteiger partial charge in [0, 0.05) is 17.1 Å². The van der Waals surface area contributed by atoms with Crippen LogP contribution in [-0.4, -0.2) is 17.2 Å². The van der Waals surface area contributed by atoms with Gasteiger partial charge in [0.15, 0.2) is 11.5 Å². The van der Waals surface area contributed by atoms with E-state index in [4.69, 9.17) is 9.47 Å². The highest BCUT2D eigenvalue weighted by molar-refractivity contribution is 7.09. The minimum absolute atomic E-state index is 0.415. The third kappa shape index (κ3) is 3.65. The zero-order valence-corrected chi connectivity index (χ0v) is 15.6. The number of para-hydroxylation sites is 1. The molecule has 136 valence electrons. The lowest BCUT2D eigenvalue weighted by atomic mass is 10.1. The number of hydrogen-bond acceptors (Lipinski definition) is 5. The number of aromatic nitrogens is 1. The monoisotopic (exact) mass is 377 g/mol. The summed E-state index contributed by atoms with van der Waals surface area (Å²) in [6.07, 6.45) is 0.833. The molecule has 0 saturated carbocycles. The standard InChI is InChI=1S/C22H19NO3S/c1-25-21-18(20(24)22-23-11-12-27-22)7-4-8-19(21)26-14-15-9-10-16-5-2-3-6-17(16)13-15/h2-13,20,24H,14H2,1H3. The summed E-state index contributed by atoms with van der Waals surface area (Å²) in [6, 6.07) is 20.0. The van der Waals surface area contributed by atoms with Crippen LogP contribution in [0.15, 0.2) is 72.2 Å². The summed E-state index contributed by atoms with van der Waals surface area (Å²) in [7, 11) is 1.58. The Morgan fingerprint density at radius 1 is 1.04 bits per heavy atom. The van der Waals surface area contributed by atoms with Gasteiger partial charge in [0.25, 0.3) is 0 Å². The van der Waals surface area contributed by atoms with Gasteiger partial charge < -0.3 is 14.6 Å². The first kappa shape index (κ1) is 17.5. The number of ether oxygens (including phenoxy) is 2. The van der Waals surface area contributed by atoms with E-state index in [2.05, 4.69) is 35.3 Å². The molecule has 1 unspecified atom stereocenters. The lowest BCUT2D eigenvalue weighted by Gasteiger charge is -2.17. The van der Waals surface area contributed by atoms with Crippen LogP contribution in [0.1, 0.15) is 22.2 Å². The van der Waals surface area contributed by atoms with Gasteiger partial charge in [-0.1, -0.05) is 48.5 Å². The van der Waals surface area contributed by atoms with Crippen LogP contribution in [0.5, 0.6) is 11.5 Å². The molecule has 0 bridgehead atoms. The number of fused-ring (bicyclic) bond motifs is 1. The van der Waals surface area contributed by atoms with Crippen molar-refractivity contribution in [2.45, 2.75) is 12.7 Å². The molecular weight excluding hydrogens is 358 g/mol. The topological polar surface area (TPSA) is 51.6 Å². The van der Waals surface area contributed by atoms with E-state index < -0.39 is 6.10 Å². The molecule has 0 saturated heterocycles. The first-order chi connectivity index (χ1) is 13.3. The fourth-order valence-corrected chi connectivity index (χ4v) is 3.71. The van der Waals surface area contributed by atoms with E-state index in [-0.39, 0.29) is 0 Å². The highest BCUT2D eigenvalue weighted by atomic mass is 32.1. The normalized spacial score (nSPS) is 12.1. The second-order valence-corrected chi connectivity index (χ2v) is 7.05. The molecule has 0 spiro atoms. The smallest absolute Gasteiger partial charge is 0.166 e. The molecule has 1 atom stereocenters. The number of aliphatic hydroxyl groups is 1. The quantitative estimate of drug-likeness (QED) is 0.516. The van der Waals surface area contributed by atoms with Gasteiger partial charge in [-0.25, -0.2) is 4.98 Å². The highest BCUT2D eigenvalue weighted by Gasteiger charge is 2.20. The van der Waals surface area contributed by atoms with Crippen LogP contribution in [0.3, 0.4) is 0 Å². The summed E-state index contributed by atoms with van der Waals surface area (Å²) in [5.74, 6) is 1.12. The third-order valence-corrected chi connectivity index (χ3v) is 5.23. The van der Waals surface area contributed by atoms with Crippen LogP contribution in [0, 0.1) is 0 Å². The Kier molecular flexibility index (Phi) is 5.05. The average Bonchev–Trinajstić information content (AvgIpc) is 3.26. The van der Waals surface area contributed by atoms with Crippen molar-refractivity contribution in [3.05, 3.63) is 88.4 Å². The first-order valence-electron chi connectivity index (χ1n) is 8.61. The van der Waals surface area contributed by atoms with Crippen molar-refractivity contribution < 1.29 is 14.6 Å². The van der Waals surface area contributed by atoms with Gasteiger partial charge >= 0.3 is 0 Å². The van der Waals surface area contributed by atoms with E-state index in [9.17, 15) is 5.11 Å². The van der Waals surface area contributed by atoms with Gasteiger partial charge in [0.1, 0.15) is 17.7 Å². The number of hydrogen-bond donors (Lipinski definition) is 1. The van der Waals surface area contributed by atoms with Gasteiger partial charge in [0.05, 0.1) is 7.11 Å². The molecule has 0 aliphatic rings. The van der Waals surface area contributed by atoms with Crippen molar-refractivity contribution in [2.75, 3.05) is 7.11 Å². The number of nitrogens with zero attached hydrogens (tertiary/aromatic N) is 1. The van der Waals surface area contributed by atoms with E-state index in [0.717, 1.165) is 5.56 Å². The van der Waals surface area contributed by atoms with Crippen LogP contribution in [0.4, 0.5) is 0 Å². The number of thiazole rings is 1. The summed E-state index contributed by atoms with van der Waals surface area (Å²) >= 11 is 1.40. The maximum Gasteiger partial charge on any atom is 0.166 e. The molecule has 4 aromatic rings. The van der Waals surface area contributed by atoms with Gasteiger partial charge in [-0.2, -0.15) is 0 Å². The van der Waals surface area contributed by atoms with Crippen molar-refractivity contribution in [1.29, 1.82) is 0 Å². The summed E-state index contributed by atoms with van der Waals surface area (Å²) in [5.41, 5.74) is 1.71. The SMILES string of the molecule is COc1c(OCc2ccc3ccccc3c2)cccc1C(O)c1nccs1. The molecule has 5 heteroatoms. The largest absolute Gasteiger partial charge is 0.492 e. The van der Waals surface area contributed by atoms with Crippen molar-refractivity contribution in [3.8, 4) is 11.5 Å². The van der Waals surface area contributed by atoms with Crippen LogP contribution in [0.25, 0.3) is 10.8 Å². The van der Waals surface area contributed by atoms with Crippen molar-refractivity contribution >= 4 is 22.1 Å². The molecule has 1 aromatic heterocycles. The molecule has 0 fully saturated rings. The van der Waals surface area contributed by atoms with Crippen molar-refractivity contribution in [2.24, 2.45) is 0 Å². The first-order valence-corrected chi connectivity index (χ1v) is 9.49. The minimum atomic E-state index is -0.843. The maximum absolute atomic E-state index is 10.6. The van der Waals surface area contributed by atoms with Crippen molar-refractivity contribution in [1.82, 2.24) is 4.98 Å². The van der Waals surface area contributed by atoms with E-state index in [1.165, 1.54) is 22.1 Å². The molecule has 0 radical (unpaired) electrons. The van der Waals surface area contributed by atoms with E-state index >= 15 is 0 Å². The Balaban J connectivity index is 1.58. The number of aliphatic hydroxyl groups excluding tert-OH is 1. The molecule has 0 aliphatic heterocycles. The lowest BCUT2D eigenvalue weighted by Crippen LogP contribution is -2.04. The summed E-state index contributed by atoms with van der Waals surface area (Å²) in [4.78, 5) is 4.19. The third-order valence-electron chi connectivity index (χ3n) is 4.40. The maximum atomic E-state index is 10.6. The summed E-state index contributed by atoms with van der Waals surface area (Å²) in [5, 5.41) is 15.5. The second kappa shape index (κ2) is 7.78. The zero-order valence-electron chi connectivity index (χ0n) is 14.8. The number of methoxy groups -OCH3 is 1. The molecule has 27 heavy (non-hydrogen) atoms. The molecule has 4 nitrogen and oxygen atoms in total. The zero-order chi connectivity index (χ0) is 18.6. The fraction of sp³-hybridized carbons (Fsp3) is 0.136. The minimum Gasteiger partial charge on any atom is -0.492 e. The summed E-state index contributed by atoms with van der Waals surface area (Å²) in [6.45, 7) is 0.415. The Morgan fingerprint density at radius 2 is 1.89 bits per heavy atom. The Morgan fingerprint density at radius 3 is 2.67 bits per heavy atom. The van der Waals surface area contributed by atoms with Crippen LogP contribution in [0.2, 0.25) is 0 Å². The molecular formula is C22H19NO3S. The van der Waals surface area contributed by atoms with Crippen LogP contribution >= 0.6 is 11.3 Å².